The van der Waals surface area contributed by atoms with Gasteiger partial charge >= 0.3 is 5.97 Å². The molecule has 1 N–H and O–H groups in total. The standard InChI is InChI=1S/C15H11Cl2FN2O3/c1-8(23-15(22)10-4-2-3-5-12(10)18)14(21)20-13-11(17)6-9(16)7-19-13/h2-8H,1H3,(H,19,20,21)/t8-/m0/s1. The van der Waals surface area contributed by atoms with Crippen LogP contribution < -0.4 is 5.32 Å². The van der Waals surface area contributed by atoms with Gasteiger partial charge in [-0.05, 0) is 25.1 Å². The number of ether oxygens (including phenoxy) is 1. The van der Waals surface area contributed by atoms with E-state index in [1.54, 1.807) is 0 Å². The summed E-state index contributed by atoms with van der Waals surface area (Å²) in [5.74, 6) is -2.25. The molecule has 120 valence electrons. The second-order valence-corrected chi connectivity index (χ2v) is 5.34. The molecule has 0 bridgehead atoms. The molecule has 1 aromatic carbocycles. The first-order valence-corrected chi connectivity index (χ1v) is 7.21. The van der Waals surface area contributed by atoms with Gasteiger partial charge in [-0.2, -0.15) is 0 Å². The molecule has 2 rings (SSSR count). The lowest BCUT2D eigenvalue weighted by atomic mass is 10.2. The Morgan fingerprint density at radius 2 is 2.00 bits per heavy atom. The van der Waals surface area contributed by atoms with Crippen molar-refractivity contribution < 1.29 is 18.7 Å². The Hall–Kier alpha value is -2.18. The summed E-state index contributed by atoms with van der Waals surface area (Å²) in [5.41, 5.74) is -0.255. The van der Waals surface area contributed by atoms with Gasteiger partial charge in [0.2, 0.25) is 0 Å². The summed E-state index contributed by atoms with van der Waals surface area (Å²) in [6.07, 6.45) is 0.134. The number of nitrogens with zero attached hydrogens (tertiary/aromatic N) is 1. The SMILES string of the molecule is C[C@H](OC(=O)c1ccccc1F)C(=O)Nc1ncc(Cl)cc1Cl. The van der Waals surface area contributed by atoms with Crippen LogP contribution in [0.5, 0.6) is 0 Å². The van der Waals surface area contributed by atoms with E-state index in [0.717, 1.165) is 6.07 Å². The van der Waals surface area contributed by atoms with Gasteiger partial charge in [-0.15, -0.1) is 0 Å². The topological polar surface area (TPSA) is 68.3 Å². The number of amides is 1. The van der Waals surface area contributed by atoms with Crippen LogP contribution in [0.25, 0.3) is 0 Å². The van der Waals surface area contributed by atoms with Crippen molar-refractivity contribution in [2.24, 2.45) is 0 Å². The summed E-state index contributed by atoms with van der Waals surface area (Å²) in [5, 5.41) is 2.85. The number of aromatic nitrogens is 1. The van der Waals surface area contributed by atoms with Crippen molar-refractivity contribution in [3.63, 3.8) is 0 Å². The van der Waals surface area contributed by atoms with E-state index in [2.05, 4.69) is 10.3 Å². The van der Waals surface area contributed by atoms with Crippen LogP contribution in [0.3, 0.4) is 0 Å². The van der Waals surface area contributed by atoms with Crippen molar-refractivity contribution in [2.45, 2.75) is 13.0 Å². The number of carbonyl (C=O) groups excluding carboxylic acids is 2. The second-order valence-electron chi connectivity index (χ2n) is 4.50. The predicted molar refractivity (Wildman–Crippen MR) is 84.2 cm³/mol. The Morgan fingerprint density at radius 1 is 1.30 bits per heavy atom. The van der Waals surface area contributed by atoms with Crippen LogP contribution in [0, 0.1) is 5.82 Å². The van der Waals surface area contributed by atoms with E-state index in [4.69, 9.17) is 27.9 Å². The zero-order chi connectivity index (χ0) is 17.0. The largest absolute Gasteiger partial charge is 0.449 e. The number of pyridine rings is 1. The minimum Gasteiger partial charge on any atom is -0.449 e. The highest BCUT2D eigenvalue weighted by atomic mass is 35.5. The molecule has 0 saturated carbocycles. The third-order valence-electron chi connectivity index (χ3n) is 2.80. The summed E-state index contributed by atoms with van der Waals surface area (Å²) in [6.45, 7) is 1.35. The average molecular weight is 357 g/mol. The van der Waals surface area contributed by atoms with Crippen LogP contribution >= 0.6 is 23.2 Å². The molecule has 2 aromatic rings. The molecule has 0 spiro atoms. The Kier molecular flexibility index (Phi) is 5.52. The van der Waals surface area contributed by atoms with Gasteiger partial charge in [-0.1, -0.05) is 35.3 Å². The lowest BCUT2D eigenvalue weighted by Gasteiger charge is -2.14. The van der Waals surface area contributed by atoms with Gasteiger partial charge in [0.25, 0.3) is 5.91 Å². The highest BCUT2D eigenvalue weighted by Crippen LogP contribution is 2.22. The van der Waals surface area contributed by atoms with E-state index in [9.17, 15) is 14.0 Å². The highest BCUT2D eigenvalue weighted by Gasteiger charge is 2.21. The molecule has 5 nitrogen and oxygen atoms in total. The minimum atomic E-state index is -1.17. The minimum absolute atomic E-state index is 0.0786. The summed E-state index contributed by atoms with van der Waals surface area (Å²) >= 11 is 11.6. The zero-order valence-corrected chi connectivity index (χ0v) is 13.4. The Morgan fingerprint density at radius 3 is 2.65 bits per heavy atom. The fraction of sp³-hybridized carbons (Fsp3) is 0.133. The number of hydrogen-bond acceptors (Lipinski definition) is 4. The first-order valence-electron chi connectivity index (χ1n) is 6.46. The predicted octanol–water partition coefficient (Wildman–Crippen LogP) is 3.71. The molecule has 0 radical (unpaired) electrons. The zero-order valence-electron chi connectivity index (χ0n) is 11.8. The smallest absolute Gasteiger partial charge is 0.341 e. The van der Waals surface area contributed by atoms with Gasteiger partial charge in [-0.3, -0.25) is 4.79 Å². The number of nitrogens with one attached hydrogen (secondary N) is 1. The molecular formula is C15H11Cl2FN2O3. The van der Waals surface area contributed by atoms with E-state index in [1.165, 1.54) is 37.4 Å². The Labute approximate surface area is 141 Å². The monoisotopic (exact) mass is 356 g/mol. The Bertz CT molecular complexity index is 755. The van der Waals surface area contributed by atoms with Crippen molar-refractivity contribution in [3.05, 3.63) is 58.0 Å². The van der Waals surface area contributed by atoms with Crippen LogP contribution in [0.4, 0.5) is 10.2 Å². The van der Waals surface area contributed by atoms with Gasteiger partial charge in [0, 0.05) is 6.20 Å². The van der Waals surface area contributed by atoms with Crippen molar-refractivity contribution in [2.75, 3.05) is 5.32 Å². The number of anilines is 1. The molecule has 0 unspecified atom stereocenters. The summed E-state index contributed by atoms with van der Waals surface area (Å²) < 4.78 is 18.4. The number of rotatable bonds is 4. The van der Waals surface area contributed by atoms with Crippen molar-refractivity contribution in [3.8, 4) is 0 Å². The summed E-state index contributed by atoms with van der Waals surface area (Å²) in [6, 6.07) is 6.72. The number of hydrogen-bond donors (Lipinski definition) is 1. The third kappa shape index (κ3) is 4.40. The van der Waals surface area contributed by atoms with Crippen LogP contribution in [0.1, 0.15) is 17.3 Å². The maximum absolute atomic E-state index is 13.5. The van der Waals surface area contributed by atoms with E-state index >= 15 is 0 Å². The van der Waals surface area contributed by atoms with Crippen LogP contribution in [-0.4, -0.2) is 23.0 Å². The molecule has 1 amide bonds. The highest BCUT2D eigenvalue weighted by molar-refractivity contribution is 6.36. The molecule has 0 fully saturated rings. The molecule has 1 aromatic heterocycles. The first kappa shape index (κ1) is 17.2. The van der Waals surface area contributed by atoms with Crippen LogP contribution in [-0.2, 0) is 9.53 Å². The summed E-state index contributed by atoms with van der Waals surface area (Å²) in [4.78, 5) is 27.7. The number of halogens is 3. The van der Waals surface area contributed by atoms with Crippen LogP contribution in [0.2, 0.25) is 10.0 Å². The number of esters is 1. The van der Waals surface area contributed by atoms with Gasteiger partial charge in [0.1, 0.15) is 5.82 Å². The first-order chi connectivity index (χ1) is 10.9. The molecule has 1 atom stereocenters. The maximum atomic E-state index is 13.5. The fourth-order valence-corrected chi connectivity index (χ4v) is 2.06. The van der Waals surface area contributed by atoms with Crippen molar-refractivity contribution in [1.29, 1.82) is 0 Å². The molecule has 8 heteroatoms. The lowest BCUT2D eigenvalue weighted by molar-refractivity contribution is -0.123. The second kappa shape index (κ2) is 7.39. The number of benzene rings is 1. The maximum Gasteiger partial charge on any atom is 0.341 e. The van der Waals surface area contributed by atoms with Gasteiger partial charge < -0.3 is 10.1 Å². The summed E-state index contributed by atoms with van der Waals surface area (Å²) in [7, 11) is 0. The van der Waals surface area contributed by atoms with E-state index in [1.807, 2.05) is 0 Å². The van der Waals surface area contributed by atoms with Crippen LogP contribution in [0.15, 0.2) is 36.5 Å². The molecule has 1 heterocycles. The molecule has 23 heavy (non-hydrogen) atoms. The lowest BCUT2D eigenvalue weighted by Crippen LogP contribution is -2.30. The van der Waals surface area contributed by atoms with Crippen molar-refractivity contribution >= 4 is 40.9 Å². The molecule has 0 aliphatic rings. The average Bonchev–Trinajstić information content (AvgIpc) is 2.50. The van der Waals surface area contributed by atoms with Gasteiger partial charge in [0.15, 0.2) is 11.9 Å². The molecule has 0 aliphatic carbocycles. The number of carbonyl (C=O) groups is 2. The van der Waals surface area contributed by atoms with Crippen molar-refractivity contribution in [1.82, 2.24) is 4.98 Å². The molecular weight excluding hydrogens is 346 g/mol. The van der Waals surface area contributed by atoms with Gasteiger partial charge in [-0.25, -0.2) is 14.2 Å². The molecule has 0 saturated heterocycles. The van der Waals surface area contributed by atoms with E-state index < -0.39 is 23.8 Å². The fourth-order valence-electron chi connectivity index (χ4n) is 1.63. The third-order valence-corrected chi connectivity index (χ3v) is 3.29. The van der Waals surface area contributed by atoms with Gasteiger partial charge in [0.05, 0.1) is 15.6 Å². The van der Waals surface area contributed by atoms with E-state index in [0.29, 0.717) is 5.02 Å². The van der Waals surface area contributed by atoms with E-state index in [-0.39, 0.29) is 16.4 Å². The normalized spacial score (nSPS) is 11.7. The quantitative estimate of drug-likeness (QED) is 0.847. The Balaban J connectivity index is 2.03. The molecule has 0 aliphatic heterocycles.